The molecule has 2 rings (SSSR count). The summed E-state index contributed by atoms with van der Waals surface area (Å²) in [6.45, 7) is 1.82. The van der Waals surface area contributed by atoms with Gasteiger partial charge >= 0.3 is 0 Å². The van der Waals surface area contributed by atoms with Crippen molar-refractivity contribution in [3.63, 3.8) is 0 Å². The van der Waals surface area contributed by atoms with Gasteiger partial charge in [0, 0.05) is 24.8 Å². The Kier molecular flexibility index (Phi) is 4.23. The molecule has 0 bridgehead atoms. The number of rotatable bonds is 2. The Bertz CT molecular complexity index is 513. The molecule has 6 heteroatoms. The highest BCUT2D eigenvalue weighted by Crippen LogP contribution is 2.22. The largest absolute Gasteiger partial charge is 0.398 e. The van der Waals surface area contributed by atoms with Crippen molar-refractivity contribution in [1.29, 1.82) is 0 Å². The Hall–Kier alpha value is -1.69. The quantitative estimate of drug-likeness (QED) is 0.841. The first-order chi connectivity index (χ1) is 9.40. The standard InChI is InChI=1S/C14H19F2N3O/c1-18-5-3-9(4-6-18)19(2)14(20)10-7-11(15)12(16)8-13(10)17/h7-9H,3-6,17H2,1-2H3. The Labute approximate surface area is 117 Å². The van der Waals surface area contributed by atoms with Crippen molar-refractivity contribution in [2.24, 2.45) is 0 Å². The molecular formula is C14H19F2N3O. The van der Waals surface area contributed by atoms with Crippen LogP contribution in [0.2, 0.25) is 0 Å². The molecule has 1 aromatic carbocycles. The highest BCUT2D eigenvalue weighted by molar-refractivity contribution is 5.99. The van der Waals surface area contributed by atoms with Crippen LogP contribution in [0.3, 0.4) is 0 Å². The second kappa shape index (κ2) is 5.75. The van der Waals surface area contributed by atoms with E-state index in [-0.39, 0.29) is 23.2 Å². The third kappa shape index (κ3) is 2.90. The monoisotopic (exact) mass is 283 g/mol. The normalized spacial score (nSPS) is 17.2. The van der Waals surface area contributed by atoms with Gasteiger partial charge in [0.1, 0.15) is 0 Å². The number of piperidine rings is 1. The number of anilines is 1. The van der Waals surface area contributed by atoms with Crippen LogP contribution >= 0.6 is 0 Å². The van der Waals surface area contributed by atoms with E-state index in [1.54, 1.807) is 11.9 Å². The maximum atomic E-state index is 13.3. The number of halogens is 2. The molecule has 20 heavy (non-hydrogen) atoms. The molecule has 0 atom stereocenters. The van der Waals surface area contributed by atoms with Gasteiger partial charge in [0.05, 0.1) is 5.56 Å². The van der Waals surface area contributed by atoms with Crippen LogP contribution in [0, 0.1) is 11.6 Å². The summed E-state index contributed by atoms with van der Waals surface area (Å²) in [5, 5.41) is 0. The average Bonchev–Trinajstić information content (AvgIpc) is 2.42. The smallest absolute Gasteiger partial charge is 0.256 e. The van der Waals surface area contributed by atoms with Crippen molar-refractivity contribution in [2.45, 2.75) is 18.9 Å². The van der Waals surface area contributed by atoms with Crippen LogP contribution in [0.25, 0.3) is 0 Å². The van der Waals surface area contributed by atoms with Crippen LogP contribution < -0.4 is 5.73 Å². The molecule has 0 radical (unpaired) electrons. The van der Waals surface area contributed by atoms with E-state index in [9.17, 15) is 13.6 Å². The summed E-state index contributed by atoms with van der Waals surface area (Å²) in [5.74, 6) is -2.46. The predicted molar refractivity (Wildman–Crippen MR) is 73.4 cm³/mol. The van der Waals surface area contributed by atoms with E-state index in [0.717, 1.165) is 38.1 Å². The van der Waals surface area contributed by atoms with E-state index in [1.165, 1.54) is 0 Å². The second-order valence-electron chi connectivity index (χ2n) is 5.30. The molecular weight excluding hydrogens is 264 g/mol. The lowest BCUT2D eigenvalue weighted by Crippen LogP contribution is -2.44. The number of nitrogens with two attached hydrogens (primary N) is 1. The third-order valence-electron chi connectivity index (χ3n) is 3.88. The molecule has 1 aliphatic heterocycles. The molecule has 0 aromatic heterocycles. The van der Waals surface area contributed by atoms with Gasteiger partial charge in [-0.3, -0.25) is 4.79 Å². The lowest BCUT2D eigenvalue weighted by Gasteiger charge is -2.35. The van der Waals surface area contributed by atoms with E-state index >= 15 is 0 Å². The maximum Gasteiger partial charge on any atom is 0.256 e. The van der Waals surface area contributed by atoms with Gasteiger partial charge in [-0.05, 0) is 39.0 Å². The molecule has 1 aliphatic rings. The minimum absolute atomic E-state index is 0.0188. The van der Waals surface area contributed by atoms with Crippen LogP contribution in [-0.2, 0) is 0 Å². The van der Waals surface area contributed by atoms with Crippen molar-refractivity contribution in [3.8, 4) is 0 Å². The zero-order valence-corrected chi connectivity index (χ0v) is 11.7. The van der Waals surface area contributed by atoms with Gasteiger partial charge in [-0.25, -0.2) is 8.78 Å². The SMILES string of the molecule is CN1CCC(N(C)C(=O)c2cc(F)c(F)cc2N)CC1. The fraction of sp³-hybridized carbons (Fsp3) is 0.500. The average molecular weight is 283 g/mol. The number of likely N-dealkylation sites (tertiary alicyclic amines) is 1. The van der Waals surface area contributed by atoms with E-state index in [1.807, 2.05) is 7.05 Å². The number of nitrogens with zero attached hydrogens (tertiary/aromatic N) is 2. The lowest BCUT2D eigenvalue weighted by molar-refractivity contribution is 0.0660. The fourth-order valence-electron chi connectivity index (χ4n) is 2.49. The van der Waals surface area contributed by atoms with E-state index in [0.29, 0.717) is 0 Å². The molecule has 0 aliphatic carbocycles. The van der Waals surface area contributed by atoms with Crippen molar-refractivity contribution in [3.05, 3.63) is 29.3 Å². The highest BCUT2D eigenvalue weighted by atomic mass is 19.2. The van der Waals surface area contributed by atoms with Gasteiger partial charge in [0.2, 0.25) is 0 Å². The van der Waals surface area contributed by atoms with Crippen LogP contribution in [0.1, 0.15) is 23.2 Å². The van der Waals surface area contributed by atoms with Gasteiger partial charge in [0.25, 0.3) is 5.91 Å². The molecule has 0 saturated carbocycles. The molecule has 0 spiro atoms. The Morgan fingerprint density at radius 2 is 1.85 bits per heavy atom. The summed E-state index contributed by atoms with van der Waals surface area (Å²) < 4.78 is 26.3. The van der Waals surface area contributed by atoms with Crippen LogP contribution in [-0.4, -0.2) is 48.9 Å². The molecule has 1 amide bonds. The van der Waals surface area contributed by atoms with Crippen LogP contribution in [0.5, 0.6) is 0 Å². The van der Waals surface area contributed by atoms with Crippen molar-refractivity contribution in [2.75, 3.05) is 32.9 Å². The van der Waals surface area contributed by atoms with Crippen LogP contribution in [0.15, 0.2) is 12.1 Å². The molecule has 1 heterocycles. The number of nitrogen functional groups attached to an aromatic ring is 1. The number of hydrogen-bond donors (Lipinski definition) is 1. The summed E-state index contributed by atoms with van der Waals surface area (Å²) in [7, 11) is 3.71. The molecule has 1 saturated heterocycles. The number of carbonyl (C=O) groups excluding carboxylic acids is 1. The minimum Gasteiger partial charge on any atom is -0.398 e. The zero-order chi connectivity index (χ0) is 14.9. The van der Waals surface area contributed by atoms with Crippen LogP contribution in [0.4, 0.5) is 14.5 Å². The summed E-state index contributed by atoms with van der Waals surface area (Å²) >= 11 is 0. The molecule has 0 unspecified atom stereocenters. The second-order valence-corrected chi connectivity index (χ2v) is 5.30. The molecule has 4 nitrogen and oxygen atoms in total. The Morgan fingerprint density at radius 1 is 1.30 bits per heavy atom. The number of benzene rings is 1. The first-order valence-corrected chi connectivity index (χ1v) is 6.60. The van der Waals surface area contributed by atoms with E-state index in [4.69, 9.17) is 5.73 Å². The van der Waals surface area contributed by atoms with Gasteiger partial charge in [-0.2, -0.15) is 0 Å². The number of amides is 1. The maximum absolute atomic E-state index is 13.3. The van der Waals surface area contributed by atoms with Crippen molar-refractivity contribution in [1.82, 2.24) is 9.80 Å². The molecule has 1 fully saturated rings. The number of carbonyl (C=O) groups is 1. The topological polar surface area (TPSA) is 49.6 Å². The van der Waals surface area contributed by atoms with E-state index in [2.05, 4.69) is 4.90 Å². The first-order valence-electron chi connectivity index (χ1n) is 6.60. The summed E-state index contributed by atoms with van der Waals surface area (Å²) in [4.78, 5) is 16.1. The third-order valence-corrected chi connectivity index (χ3v) is 3.88. The summed E-state index contributed by atoms with van der Waals surface area (Å²) in [5.41, 5.74) is 5.60. The van der Waals surface area contributed by atoms with Gasteiger partial charge < -0.3 is 15.5 Å². The molecule has 1 aromatic rings. The minimum atomic E-state index is -1.06. The Balaban J connectivity index is 2.16. The molecule has 110 valence electrons. The fourth-order valence-corrected chi connectivity index (χ4v) is 2.49. The number of hydrogen-bond acceptors (Lipinski definition) is 3. The zero-order valence-electron chi connectivity index (χ0n) is 11.7. The Morgan fingerprint density at radius 3 is 2.45 bits per heavy atom. The van der Waals surface area contributed by atoms with E-state index < -0.39 is 11.6 Å². The van der Waals surface area contributed by atoms with Gasteiger partial charge in [0.15, 0.2) is 11.6 Å². The van der Waals surface area contributed by atoms with Crippen molar-refractivity contribution >= 4 is 11.6 Å². The van der Waals surface area contributed by atoms with Gasteiger partial charge in [-0.1, -0.05) is 0 Å². The lowest BCUT2D eigenvalue weighted by atomic mass is 10.0. The first kappa shape index (κ1) is 14.7. The summed E-state index contributed by atoms with van der Waals surface area (Å²) in [6.07, 6.45) is 1.73. The molecule has 2 N–H and O–H groups in total. The van der Waals surface area contributed by atoms with Crippen molar-refractivity contribution < 1.29 is 13.6 Å². The summed E-state index contributed by atoms with van der Waals surface area (Å²) in [6, 6.07) is 1.83. The van der Waals surface area contributed by atoms with Gasteiger partial charge in [-0.15, -0.1) is 0 Å². The predicted octanol–water partition coefficient (Wildman–Crippen LogP) is 1.71. The highest BCUT2D eigenvalue weighted by Gasteiger charge is 2.26.